The van der Waals surface area contributed by atoms with Crippen LogP contribution >= 0.6 is 11.3 Å². The Balaban J connectivity index is 1.13. The number of aromatic nitrogens is 1. The number of para-hydroxylation sites is 1. The molecule has 0 bridgehead atoms. The molecule has 0 amide bonds. The molecule has 264 valence electrons. The van der Waals surface area contributed by atoms with Crippen molar-refractivity contribution in [2.24, 2.45) is 4.99 Å². The quantitative estimate of drug-likeness (QED) is 0.182. The van der Waals surface area contributed by atoms with Crippen LogP contribution < -0.4 is 5.32 Å². The lowest BCUT2D eigenvalue weighted by Gasteiger charge is -2.29. The third kappa shape index (κ3) is 3.95. The molecule has 3 aromatic heterocycles. The second-order valence-electron chi connectivity index (χ2n) is 15.9. The van der Waals surface area contributed by atoms with Gasteiger partial charge in [0.05, 0.1) is 11.0 Å². The second-order valence-corrected chi connectivity index (χ2v) is 17.0. The Kier molecular flexibility index (Phi) is 5.88. The van der Waals surface area contributed by atoms with Gasteiger partial charge in [0, 0.05) is 41.7 Å². The van der Waals surface area contributed by atoms with E-state index in [1.165, 1.54) is 80.3 Å². The number of fused-ring (bicyclic) bond motifs is 16. The largest absolute Gasteiger partial charge is 0.436 e. The fourth-order valence-electron chi connectivity index (χ4n) is 9.97. The minimum absolute atomic E-state index is 0.135. The van der Waals surface area contributed by atoms with Gasteiger partial charge in [0.25, 0.3) is 0 Å². The molecule has 0 saturated heterocycles. The number of rotatable bonds is 1. The van der Waals surface area contributed by atoms with Crippen LogP contribution in [0.15, 0.2) is 161 Å². The number of thiophene rings is 1. The first-order chi connectivity index (χ1) is 27.5. The van der Waals surface area contributed by atoms with Gasteiger partial charge < -0.3 is 9.73 Å². The SMILES string of the molecule is CC1(C)c2ccccc2-c2ccc(C3Nc4c(oc5ccccc45)N=C3n3c4cc5sc6c7ccccc7ccc6c5cc4c4c5ccccc5ccc43)cc21. The van der Waals surface area contributed by atoms with Crippen LogP contribution in [0.3, 0.4) is 0 Å². The first-order valence-electron chi connectivity index (χ1n) is 19.3. The molecule has 56 heavy (non-hydrogen) atoms. The lowest BCUT2D eigenvalue weighted by Crippen LogP contribution is -2.29. The summed E-state index contributed by atoms with van der Waals surface area (Å²) in [6.07, 6.45) is 0. The lowest BCUT2D eigenvalue weighted by atomic mass is 9.81. The van der Waals surface area contributed by atoms with Gasteiger partial charge in [-0.1, -0.05) is 135 Å². The highest BCUT2D eigenvalue weighted by Crippen LogP contribution is 2.51. The minimum atomic E-state index is -0.263. The first kappa shape index (κ1) is 30.6. The number of hydrogen-bond acceptors (Lipinski definition) is 4. The molecule has 1 aliphatic heterocycles. The van der Waals surface area contributed by atoms with E-state index in [4.69, 9.17) is 9.41 Å². The number of anilines is 1. The maximum absolute atomic E-state index is 6.54. The van der Waals surface area contributed by atoms with Crippen LogP contribution in [0.25, 0.3) is 85.6 Å². The van der Waals surface area contributed by atoms with Crippen LogP contribution in [-0.2, 0) is 5.41 Å². The van der Waals surface area contributed by atoms with E-state index in [9.17, 15) is 0 Å². The maximum Gasteiger partial charge on any atom is 0.245 e. The molecule has 13 rings (SSSR count). The molecule has 0 spiro atoms. The number of furan rings is 1. The molecule has 5 heteroatoms. The molecule has 11 aromatic rings. The van der Waals surface area contributed by atoms with Crippen molar-refractivity contribution in [3.63, 3.8) is 0 Å². The Morgan fingerprint density at radius 1 is 0.607 bits per heavy atom. The van der Waals surface area contributed by atoms with Crippen molar-refractivity contribution in [3.05, 3.63) is 168 Å². The molecule has 0 saturated carbocycles. The normalized spacial score (nSPS) is 15.9. The molecule has 4 nitrogen and oxygen atoms in total. The van der Waals surface area contributed by atoms with Crippen molar-refractivity contribution in [2.75, 3.05) is 5.32 Å². The van der Waals surface area contributed by atoms with E-state index in [0.29, 0.717) is 5.88 Å². The van der Waals surface area contributed by atoms with Gasteiger partial charge in [0.15, 0.2) is 0 Å². The van der Waals surface area contributed by atoms with Crippen LogP contribution in [0.1, 0.15) is 36.6 Å². The Morgan fingerprint density at radius 3 is 2.23 bits per heavy atom. The number of nitrogens with one attached hydrogen (secondary N) is 1. The average Bonchev–Trinajstić information content (AvgIpc) is 3.95. The van der Waals surface area contributed by atoms with Gasteiger partial charge in [-0.2, -0.15) is 4.99 Å². The van der Waals surface area contributed by atoms with Crippen LogP contribution in [0.5, 0.6) is 0 Å². The minimum Gasteiger partial charge on any atom is -0.436 e. The smallest absolute Gasteiger partial charge is 0.245 e. The molecule has 0 radical (unpaired) electrons. The number of nitrogens with zero attached hydrogens (tertiary/aromatic N) is 2. The Bertz CT molecular complexity index is 3560. The van der Waals surface area contributed by atoms with Gasteiger partial charge in [-0.3, -0.25) is 4.57 Å². The van der Waals surface area contributed by atoms with E-state index in [0.717, 1.165) is 33.5 Å². The summed E-state index contributed by atoms with van der Waals surface area (Å²) in [6, 6.07) is 55.4. The highest BCUT2D eigenvalue weighted by atomic mass is 32.1. The standard InChI is InChI=1S/C51H33N3OS/c1-51(2)39-17-9-7-15-33(39)34-22-20-30(25-40(34)51)46-49(53-50-47(52-46)36-16-8-10-18-43(36)55-50)54-41-24-21-28-11-3-5-13-31(28)45(41)38-26-37-35-23-19-29-12-4-6-14-32(29)48(35)56-44(37)27-42(38)54/h3-27,46,52H,1-2H3. The number of aliphatic imine (C=N–C) groups is 1. The van der Waals surface area contributed by atoms with E-state index >= 15 is 0 Å². The lowest BCUT2D eigenvalue weighted by molar-refractivity contribution is 0.622. The zero-order valence-corrected chi connectivity index (χ0v) is 31.5. The van der Waals surface area contributed by atoms with Gasteiger partial charge in [0.1, 0.15) is 23.1 Å². The maximum atomic E-state index is 6.54. The predicted octanol–water partition coefficient (Wildman–Crippen LogP) is 14.3. The molecule has 1 N–H and O–H groups in total. The first-order valence-corrected chi connectivity index (χ1v) is 20.1. The summed E-state index contributed by atoms with van der Waals surface area (Å²) in [5, 5.41) is 15.1. The van der Waals surface area contributed by atoms with Crippen molar-refractivity contribution in [3.8, 4) is 11.1 Å². The van der Waals surface area contributed by atoms with E-state index in [-0.39, 0.29) is 11.5 Å². The highest BCUT2D eigenvalue weighted by molar-refractivity contribution is 7.26. The third-order valence-electron chi connectivity index (χ3n) is 12.6. The summed E-state index contributed by atoms with van der Waals surface area (Å²) in [4.78, 5) is 5.55. The Labute approximate surface area is 325 Å². The van der Waals surface area contributed by atoms with Gasteiger partial charge in [-0.05, 0) is 79.7 Å². The average molecular weight is 736 g/mol. The van der Waals surface area contributed by atoms with Gasteiger partial charge in [-0.25, -0.2) is 0 Å². The van der Waals surface area contributed by atoms with Crippen LogP contribution in [0.2, 0.25) is 0 Å². The zero-order chi connectivity index (χ0) is 36.9. The number of hydrogen-bond donors (Lipinski definition) is 1. The van der Waals surface area contributed by atoms with E-state index in [1.54, 1.807) is 0 Å². The van der Waals surface area contributed by atoms with Crippen LogP contribution in [0, 0.1) is 0 Å². The second kappa shape index (κ2) is 10.7. The molecule has 2 aliphatic rings. The fraction of sp³-hybridized carbons (Fsp3) is 0.0784. The van der Waals surface area contributed by atoms with Crippen molar-refractivity contribution in [1.82, 2.24) is 4.57 Å². The summed E-state index contributed by atoms with van der Waals surface area (Å²) in [6.45, 7) is 4.70. The molecule has 0 fully saturated rings. The van der Waals surface area contributed by atoms with Crippen molar-refractivity contribution in [2.45, 2.75) is 25.3 Å². The highest BCUT2D eigenvalue weighted by Gasteiger charge is 2.38. The summed E-state index contributed by atoms with van der Waals surface area (Å²) in [5.74, 6) is 1.50. The summed E-state index contributed by atoms with van der Waals surface area (Å²) < 4.78 is 11.5. The molecular weight excluding hydrogens is 703 g/mol. The molecule has 1 atom stereocenters. The molecule has 4 heterocycles. The topological polar surface area (TPSA) is 42.5 Å². The van der Waals surface area contributed by atoms with Crippen LogP contribution in [-0.4, -0.2) is 10.4 Å². The van der Waals surface area contributed by atoms with E-state index < -0.39 is 0 Å². The molecule has 1 aliphatic carbocycles. The van der Waals surface area contributed by atoms with Gasteiger partial charge in [-0.15, -0.1) is 11.3 Å². The Morgan fingerprint density at radius 2 is 1.34 bits per heavy atom. The van der Waals surface area contributed by atoms with Gasteiger partial charge >= 0.3 is 0 Å². The van der Waals surface area contributed by atoms with Gasteiger partial charge in [0.2, 0.25) is 5.88 Å². The van der Waals surface area contributed by atoms with E-state index in [2.05, 4.69) is 163 Å². The number of benzene rings is 8. The summed E-state index contributed by atoms with van der Waals surface area (Å²) >= 11 is 1.88. The molecular formula is C51H33N3OS. The van der Waals surface area contributed by atoms with Crippen molar-refractivity contribution in [1.29, 1.82) is 0 Å². The zero-order valence-electron chi connectivity index (χ0n) is 30.7. The molecule has 1 unspecified atom stereocenters. The summed E-state index contributed by atoms with van der Waals surface area (Å²) in [7, 11) is 0. The fourth-order valence-corrected chi connectivity index (χ4v) is 11.2. The summed E-state index contributed by atoms with van der Waals surface area (Å²) in [5.41, 5.74) is 10.4. The van der Waals surface area contributed by atoms with E-state index in [1.807, 2.05) is 23.5 Å². The van der Waals surface area contributed by atoms with Crippen molar-refractivity contribution >= 4 is 103 Å². The van der Waals surface area contributed by atoms with Crippen LogP contribution in [0.4, 0.5) is 11.6 Å². The molecule has 8 aromatic carbocycles. The van der Waals surface area contributed by atoms with Crippen molar-refractivity contribution < 1.29 is 4.42 Å². The Hall–Kier alpha value is -6.69. The predicted molar refractivity (Wildman–Crippen MR) is 236 cm³/mol. The monoisotopic (exact) mass is 735 g/mol. The third-order valence-corrected chi connectivity index (χ3v) is 13.8.